The van der Waals surface area contributed by atoms with Crippen molar-refractivity contribution in [1.29, 1.82) is 0 Å². The largest absolute Gasteiger partial charge is 0.383 e. The van der Waals surface area contributed by atoms with Crippen LogP contribution in [0.4, 0.5) is 0 Å². The maximum atomic E-state index is 12.7. The van der Waals surface area contributed by atoms with Gasteiger partial charge in [0.1, 0.15) is 0 Å². The van der Waals surface area contributed by atoms with Gasteiger partial charge in [-0.15, -0.1) is 11.3 Å². The Kier molecular flexibility index (Phi) is 4.23. The Morgan fingerprint density at radius 1 is 1.41 bits per heavy atom. The summed E-state index contributed by atoms with van der Waals surface area (Å²) >= 11 is 1.48. The minimum Gasteiger partial charge on any atom is -0.383 e. The Morgan fingerprint density at radius 2 is 2.18 bits per heavy atom. The van der Waals surface area contributed by atoms with Crippen LogP contribution < -0.4 is 0 Å². The molecule has 1 unspecified atom stereocenters. The maximum Gasteiger partial charge on any atom is 0.264 e. The summed E-state index contributed by atoms with van der Waals surface area (Å²) in [6.07, 6.45) is 1.63. The zero-order valence-electron chi connectivity index (χ0n) is 13.1. The molecule has 120 valence electrons. The van der Waals surface area contributed by atoms with Crippen LogP contribution in [0.15, 0.2) is 11.4 Å². The van der Waals surface area contributed by atoms with Crippen LogP contribution in [-0.2, 0) is 9.53 Å². The molecule has 3 rings (SSSR count). The third-order valence-corrected chi connectivity index (χ3v) is 5.87. The Morgan fingerprint density at radius 3 is 2.86 bits per heavy atom. The molecule has 2 fully saturated rings. The maximum absolute atomic E-state index is 12.7. The van der Waals surface area contributed by atoms with E-state index in [4.69, 9.17) is 4.74 Å². The lowest BCUT2D eigenvalue weighted by atomic mass is 9.85. The molecule has 0 radical (unpaired) electrons. The first-order valence-electron chi connectivity index (χ1n) is 7.69. The number of methoxy groups -OCH3 is 1. The molecule has 2 aliphatic heterocycles. The zero-order valence-corrected chi connectivity index (χ0v) is 13.9. The summed E-state index contributed by atoms with van der Waals surface area (Å²) in [6.45, 7) is 5.20. The molecule has 1 aromatic heterocycles. The van der Waals surface area contributed by atoms with E-state index in [9.17, 15) is 9.59 Å². The summed E-state index contributed by atoms with van der Waals surface area (Å²) < 4.78 is 5.07. The van der Waals surface area contributed by atoms with E-state index in [-0.39, 0.29) is 17.2 Å². The fourth-order valence-corrected chi connectivity index (χ4v) is 4.36. The molecular weight excluding hydrogens is 300 g/mol. The second-order valence-corrected chi connectivity index (χ2v) is 7.14. The van der Waals surface area contributed by atoms with E-state index in [0.717, 1.165) is 29.8 Å². The molecule has 0 aliphatic carbocycles. The smallest absolute Gasteiger partial charge is 0.264 e. The summed E-state index contributed by atoms with van der Waals surface area (Å²) in [5, 5.41) is 1.95. The van der Waals surface area contributed by atoms with Gasteiger partial charge in [0.15, 0.2) is 0 Å². The Bertz CT molecular complexity index is 586. The first-order valence-corrected chi connectivity index (χ1v) is 8.57. The van der Waals surface area contributed by atoms with Crippen LogP contribution in [0.25, 0.3) is 0 Å². The molecule has 2 amide bonds. The number of likely N-dealkylation sites (tertiary alicyclic amines) is 2. The second-order valence-electron chi connectivity index (χ2n) is 6.22. The normalized spacial score (nSPS) is 24.7. The molecule has 0 bridgehead atoms. The van der Waals surface area contributed by atoms with Gasteiger partial charge in [-0.05, 0) is 36.8 Å². The summed E-state index contributed by atoms with van der Waals surface area (Å²) in [5.74, 6) is 0.273. The van der Waals surface area contributed by atoms with E-state index in [1.165, 1.54) is 11.3 Å². The van der Waals surface area contributed by atoms with Gasteiger partial charge in [0.05, 0.1) is 16.9 Å². The monoisotopic (exact) mass is 322 g/mol. The fraction of sp³-hybridized carbons (Fsp3) is 0.625. The van der Waals surface area contributed by atoms with Crippen LogP contribution in [-0.4, -0.2) is 61.5 Å². The van der Waals surface area contributed by atoms with E-state index >= 15 is 0 Å². The van der Waals surface area contributed by atoms with Crippen molar-refractivity contribution in [3.63, 3.8) is 0 Å². The number of hydrogen-bond acceptors (Lipinski definition) is 4. The van der Waals surface area contributed by atoms with Crippen molar-refractivity contribution in [3.8, 4) is 0 Å². The van der Waals surface area contributed by atoms with Gasteiger partial charge in [0.25, 0.3) is 5.91 Å². The highest BCUT2D eigenvalue weighted by Crippen LogP contribution is 2.41. The van der Waals surface area contributed by atoms with Crippen LogP contribution in [0, 0.1) is 12.3 Å². The molecular formula is C16H22N2O3S. The van der Waals surface area contributed by atoms with Gasteiger partial charge >= 0.3 is 0 Å². The lowest BCUT2D eigenvalue weighted by molar-refractivity contribution is -0.135. The van der Waals surface area contributed by atoms with E-state index in [1.54, 1.807) is 7.11 Å². The standard InChI is InChI=1S/C16H22N2O3S/c1-12-3-10-22-13(12)14(19)18-7-5-16(11-18)4-6-17(15(16)20)8-9-21-2/h3,10H,4-9,11H2,1-2H3. The van der Waals surface area contributed by atoms with E-state index in [1.807, 2.05) is 28.2 Å². The van der Waals surface area contributed by atoms with Crippen LogP contribution in [0.5, 0.6) is 0 Å². The molecule has 22 heavy (non-hydrogen) atoms. The summed E-state index contributed by atoms with van der Waals surface area (Å²) in [4.78, 5) is 29.9. The molecule has 6 heteroatoms. The quantitative estimate of drug-likeness (QED) is 0.849. The summed E-state index contributed by atoms with van der Waals surface area (Å²) in [6, 6.07) is 1.97. The van der Waals surface area contributed by atoms with Crippen molar-refractivity contribution >= 4 is 23.2 Å². The highest BCUT2D eigenvalue weighted by molar-refractivity contribution is 7.12. The minimum atomic E-state index is -0.353. The first-order chi connectivity index (χ1) is 10.6. The molecule has 0 aromatic carbocycles. The topological polar surface area (TPSA) is 49.9 Å². The number of nitrogens with zero attached hydrogens (tertiary/aromatic N) is 2. The Labute approximate surface area is 134 Å². The first kappa shape index (κ1) is 15.5. The van der Waals surface area contributed by atoms with Gasteiger partial charge in [0, 0.05) is 33.3 Å². The predicted octanol–water partition coefficient (Wildman–Crippen LogP) is 1.77. The van der Waals surface area contributed by atoms with E-state index in [2.05, 4.69) is 0 Å². The highest BCUT2D eigenvalue weighted by atomic mass is 32.1. The molecule has 5 nitrogen and oxygen atoms in total. The van der Waals surface area contributed by atoms with Crippen molar-refractivity contribution in [3.05, 3.63) is 21.9 Å². The molecule has 0 N–H and O–H groups in total. The second kappa shape index (κ2) is 6.01. The Hall–Kier alpha value is -1.40. The van der Waals surface area contributed by atoms with Gasteiger partial charge < -0.3 is 14.5 Å². The van der Waals surface area contributed by atoms with Crippen LogP contribution in [0.1, 0.15) is 28.1 Å². The lowest BCUT2D eigenvalue weighted by Gasteiger charge is -2.23. The van der Waals surface area contributed by atoms with Gasteiger partial charge in [-0.3, -0.25) is 9.59 Å². The van der Waals surface area contributed by atoms with Crippen molar-refractivity contribution in [2.24, 2.45) is 5.41 Å². The highest BCUT2D eigenvalue weighted by Gasteiger charge is 2.51. The number of carbonyl (C=O) groups excluding carboxylic acids is 2. The molecule has 0 saturated carbocycles. The number of aryl methyl sites for hydroxylation is 1. The number of ether oxygens (including phenoxy) is 1. The third kappa shape index (κ3) is 2.54. The summed E-state index contributed by atoms with van der Waals surface area (Å²) in [7, 11) is 1.65. The predicted molar refractivity (Wildman–Crippen MR) is 85.1 cm³/mol. The molecule has 1 aromatic rings. The number of thiophene rings is 1. The molecule has 2 aliphatic rings. The molecule has 1 atom stereocenters. The van der Waals surface area contributed by atoms with E-state index < -0.39 is 0 Å². The molecule has 2 saturated heterocycles. The zero-order chi connectivity index (χ0) is 15.7. The van der Waals surface area contributed by atoms with Gasteiger partial charge in [-0.1, -0.05) is 0 Å². The minimum absolute atomic E-state index is 0.0764. The Balaban J connectivity index is 1.68. The van der Waals surface area contributed by atoms with Crippen LogP contribution in [0.2, 0.25) is 0 Å². The van der Waals surface area contributed by atoms with Crippen LogP contribution in [0.3, 0.4) is 0 Å². The summed E-state index contributed by atoms with van der Waals surface area (Å²) in [5.41, 5.74) is 0.671. The SMILES string of the molecule is COCCN1CCC2(CCN(C(=O)c3sccc3C)C2)C1=O. The van der Waals surface area contributed by atoms with E-state index in [0.29, 0.717) is 26.2 Å². The molecule has 1 spiro atoms. The number of hydrogen-bond donors (Lipinski definition) is 0. The van der Waals surface area contributed by atoms with Gasteiger partial charge in [-0.25, -0.2) is 0 Å². The number of rotatable bonds is 4. The molecule has 3 heterocycles. The lowest BCUT2D eigenvalue weighted by Crippen LogP contribution is -2.39. The number of carbonyl (C=O) groups is 2. The van der Waals surface area contributed by atoms with Crippen molar-refractivity contribution in [1.82, 2.24) is 9.80 Å². The third-order valence-electron chi connectivity index (χ3n) is 4.86. The number of amides is 2. The fourth-order valence-electron chi connectivity index (χ4n) is 3.47. The average Bonchev–Trinajstić information content (AvgIpc) is 3.20. The van der Waals surface area contributed by atoms with Crippen molar-refractivity contribution in [2.75, 3.05) is 39.9 Å². The van der Waals surface area contributed by atoms with Crippen molar-refractivity contribution in [2.45, 2.75) is 19.8 Å². The van der Waals surface area contributed by atoms with Crippen molar-refractivity contribution < 1.29 is 14.3 Å². The van der Waals surface area contributed by atoms with Crippen LogP contribution >= 0.6 is 11.3 Å². The van der Waals surface area contributed by atoms with Gasteiger partial charge in [-0.2, -0.15) is 0 Å². The van der Waals surface area contributed by atoms with Gasteiger partial charge in [0.2, 0.25) is 5.91 Å². The average molecular weight is 322 g/mol.